The number of rotatable bonds is 1. The van der Waals surface area contributed by atoms with E-state index in [-0.39, 0.29) is 0 Å². The van der Waals surface area contributed by atoms with Gasteiger partial charge in [0, 0.05) is 5.56 Å². The SMILES string of the molecule is CC=O.Cc1ccc(C)cc1.Cc1ccc(C=O)cc1. The van der Waals surface area contributed by atoms with Crippen LogP contribution in [0.1, 0.15) is 34.0 Å². The Morgan fingerprint density at radius 1 is 0.650 bits per heavy atom. The van der Waals surface area contributed by atoms with Gasteiger partial charge in [-0.15, -0.1) is 0 Å². The average Bonchev–Trinajstić information content (AvgIpc) is 2.45. The normalized spacial score (nSPS) is 8.40. The lowest BCUT2D eigenvalue weighted by Gasteiger charge is -1.90. The van der Waals surface area contributed by atoms with Crippen LogP contribution in [0.25, 0.3) is 0 Å². The van der Waals surface area contributed by atoms with Gasteiger partial charge in [0.15, 0.2) is 0 Å². The van der Waals surface area contributed by atoms with E-state index in [4.69, 9.17) is 4.79 Å². The van der Waals surface area contributed by atoms with Gasteiger partial charge in [-0.25, -0.2) is 0 Å². The third-order valence-corrected chi connectivity index (χ3v) is 2.43. The lowest BCUT2D eigenvalue weighted by Crippen LogP contribution is -1.77. The zero-order valence-electron chi connectivity index (χ0n) is 12.6. The Hall–Kier alpha value is -2.22. The fourth-order valence-electron chi connectivity index (χ4n) is 1.28. The third kappa shape index (κ3) is 8.81. The summed E-state index contributed by atoms with van der Waals surface area (Å²) in [5.41, 5.74) is 4.58. The molecule has 0 radical (unpaired) electrons. The van der Waals surface area contributed by atoms with Crippen LogP contribution < -0.4 is 0 Å². The summed E-state index contributed by atoms with van der Waals surface area (Å²) in [6, 6.07) is 15.9. The van der Waals surface area contributed by atoms with E-state index in [1.165, 1.54) is 23.6 Å². The molecule has 0 saturated carbocycles. The second-order valence-corrected chi connectivity index (χ2v) is 4.42. The fraction of sp³-hybridized carbons (Fsp3) is 0.222. The molecule has 0 aliphatic rings. The quantitative estimate of drug-likeness (QED) is 0.723. The molecule has 2 aromatic carbocycles. The highest BCUT2D eigenvalue weighted by Gasteiger charge is 1.85. The van der Waals surface area contributed by atoms with E-state index in [1.54, 1.807) is 0 Å². The predicted molar refractivity (Wildman–Crippen MR) is 84.2 cm³/mol. The van der Waals surface area contributed by atoms with Crippen LogP contribution in [0.5, 0.6) is 0 Å². The lowest BCUT2D eigenvalue weighted by atomic mass is 10.2. The maximum Gasteiger partial charge on any atom is 0.150 e. The summed E-state index contributed by atoms with van der Waals surface area (Å²) >= 11 is 0. The van der Waals surface area contributed by atoms with Gasteiger partial charge in [0.05, 0.1) is 0 Å². The maximum atomic E-state index is 10.1. The van der Waals surface area contributed by atoms with E-state index in [0.29, 0.717) is 0 Å². The molecule has 0 spiro atoms. The topological polar surface area (TPSA) is 34.1 Å². The zero-order valence-corrected chi connectivity index (χ0v) is 12.6. The summed E-state index contributed by atoms with van der Waals surface area (Å²) in [5.74, 6) is 0. The van der Waals surface area contributed by atoms with Gasteiger partial charge in [-0.05, 0) is 27.7 Å². The molecular weight excluding hydrogens is 248 g/mol. The van der Waals surface area contributed by atoms with Crippen molar-refractivity contribution in [1.82, 2.24) is 0 Å². The highest BCUT2D eigenvalue weighted by Crippen LogP contribution is 1.99. The van der Waals surface area contributed by atoms with E-state index in [0.717, 1.165) is 18.1 Å². The molecule has 0 N–H and O–H groups in total. The van der Waals surface area contributed by atoms with Gasteiger partial charge in [0.25, 0.3) is 0 Å². The van der Waals surface area contributed by atoms with Crippen LogP contribution in [-0.4, -0.2) is 12.6 Å². The van der Waals surface area contributed by atoms with Crippen molar-refractivity contribution in [3.63, 3.8) is 0 Å². The molecule has 0 aliphatic carbocycles. The minimum atomic E-state index is 0.737. The van der Waals surface area contributed by atoms with E-state index in [2.05, 4.69) is 38.1 Å². The fourth-order valence-corrected chi connectivity index (χ4v) is 1.28. The first-order chi connectivity index (χ1) is 9.53. The average molecular weight is 270 g/mol. The van der Waals surface area contributed by atoms with Crippen LogP contribution in [-0.2, 0) is 4.79 Å². The van der Waals surface area contributed by atoms with Crippen molar-refractivity contribution in [2.45, 2.75) is 27.7 Å². The molecule has 0 saturated heterocycles. The van der Waals surface area contributed by atoms with Gasteiger partial charge in [-0.1, -0.05) is 65.2 Å². The molecule has 0 amide bonds. The molecule has 2 aromatic rings. The van der Waals surface area contributed by atoms with Crippen LogP contribution in [0.4, 0.5) is 0 Å². The monoisotopic (exact) mass is 270 g/mol. The van der Waals surface area contributed by atoms with Crippen molar-refractivity contribution in [2.24, 2.45) is 0 Å². The molecule has 0 heterocycles. The molecule has 0 atom stereocenters. The Labute approximate surface area is 121 Å². The summed E-state index contributed by atoms with van der Waals surface area (Å²) in [6.07, 6.45) is 1.60. The number of hydrogen-bond donors (Lipinski definition) is 0. The van der Waals surface area contributed by atoms with E-state index in [1.807, 2.05) is 31.2 Å². The van der Waals surface area contributed by atoms with Crippen LogP contribution in [0.15, 0.2) is 48.5 Å². The summed E-state index contributed by atoms with van der Waals surface area (Å²) < 4.78 is 0. The number of hydrogen-bond acceptors (Lipinski definition) is 2. The lowest BCUT2D eigenvalue weighted by molar-refractivity contribution is -0.106. The summed E-state index contributed by atoms with van der Waals surface area (Å²) in [6.45, 7) is 7.63. The molecule has 0 aliphatic heterocycles. The molecule has 2 nitrogen and oxygen atoms in total. The molecule has 0 aromatic heterocycles. The van der Waals surface area contributed by atoms with Crippen molar-refractivity contribution < 1.29 is 9.59 Å². The minimum absolute atomic E-state index is 0.737. The predicted octanol–water partition coefficient (Wildman–Crippen LogP) is 4.32. The second kappa shape index (κ2) is 10.7. The number of benzene rings is 2. The zero-order chi connectivity index (χ0) is 15.4. The van der Waals surface area contributed by atoms with Gasteiger partial charge in [0.2, 0.25) is 0 Å². The molecule has 2 heteroatoms. The molecule has 20 heavy (non-hydrogen) atoms. The molecular formula is C18H22O2. The van der Waals surface area contributed by atoms with Gasteiger partial charge < -0.3 is 4.79 Å². The first-order valence-corrected chi connectivity index (χ1v) is 6.48. The van der Waals surface area contributed by atoms with Crippen molar-refractivity contribution in [2.75, 3.05) is 0 Å². The second-order valence-electron chi connectivity index (χ2n) is 4.42. The Kier molecular flexibility index (Phi) is 9.49. The highest BCUT2D eigenvalue weighted by atomic mass is 16.1. The van der Waals surface area contributed by atoms with Crippen molar-refractivity contribution >= 4 is 12.6 Å². The van der Waals surface area contributed by atoms with Crippen LogP contribution in [0.2, 0.25) is 0 Å². The Bertz CT molecular complexity index is 475. The summed E-state index contributed by atoms with van der Waals surface area (Å²) in [7, 11) is 0. The summed E-state index contributed by atoms with van der Waals surface area (Å²) in [4.78, 5) is 18.9. The molecule has 2 rings (SSSR count). The number of aldehydes is 2. The first kappa shape index (κ1) is 17.8. The highest BCUT2D eigenvalue weighted by molar-refractivity contribution is 5.74. The smallest absolute Gasteiger partial charge is 0.150 e. The molecule has 0 bridgehead atoms. The van der Waals surface area contributed by atoms with Crippen molar-refractivity contribution in [3.05, 3.63) is 70.8 Å². The molecule has 0 fully saturated rings. The molecule has 0 unspecified atom stereocenters. The Morgan fingerprint density at radius 3 is 1.15 bits per heavy atom. The number of aryl methyl sites for hydroxylation is 3. The number of carbonyl (C=O) groups is 2. The standard InChI is InChI=1S/C8H8O.C8H10.C2H4O/c1-7-2-4-8(6-9)5-3-7;1-7-3-5-8(2)6-4-7;1-2-3/h2-6H,1H3;3-6H,1-2H3;2H,1H3. The molecule has 106 valence electrons. The van der Waals surface area contributed by atoms with Gasteiger partial charge in [-0.3, -0.25) is 4.79 Å². The Balaban J connectivity index is 0.000000304. The third-order valence-electron chi connectivity index (χ3n) is 2.43. The van der Waals surface area contributed by atoms with E-state index in [9.17, 15) is 4.79 Å². The van der Waals surface area contributed by atoms with Crippen LogP contribution >= 0.6 is 0 Å². The van der Waals surface area contributed by atoms with Gasteiger partial charge >= 0.3 is 0 Å². The summed E-state index contributed by atoms with van der Waals surface area (Å²) in [5, 5.41) is 0. The van der Waals surface area contributed by atoms with E-state index >= 15 is 0 Å². The largest absolute Gasteiger partial charge is 0.304 e. The first-order valence-electron chi connectivity index (χ1n) is 6.48. The van der Waals surface area contributed by atoms with Gasteiger partial charge in [-0.2, -0.15) is 0 Å². The minimum Gasteiger partial charge on any atom is -0.304 e. The number of carbonyl (C=O) groups excluding carboxylic acids is 2. The maximum absolute atomic E-state index is 10.1. The van der Waals surface area contributed by atoms with E-state index < -0.39 is 0 Å². The Morgan fingerprint density at radius 2 is 0.900 bits per heavy atom. The van der Waals surface area contributed by atoms with Crippen molar-refractivity contribution in [1.29, 1.82) is 0 Å². The van der Waals surface area contributed by atoms with Crippen LogP contribution in [0.3, 0.4) is 0 Å². The van der Waals surface area contributed by atoms with Crippen LogP contribution in [0, 0.1) is 20.8 Å². The van der Waals surface area contributed by atoms with Gasteiger partial charge in [0.1, 0.15) is 12.6 Å². The van der Waals surface area contributed by atoms with Crippen molar-refractivity contribution in [3.8, 4) is 0 Å².